The summed E-state index contributed by atoms with van der Waals surface area (Å²) in [6.07, 6.45) is 2.44. The van der Waals surface area contributed by atoms with Crippen LogP contribution in [0.5, 0.6) is 0 Å². The standard InChI is InChI=1S/C29H33N3O3S/c1-20-12-13-24-25(14-20)36-29-27(24)28(34)30-26(31-29)17-32(15-21-8-4-2-5-9-21)16-23(33)19-35-18-22-10-6-3-7-11-22/h2-11,20,23,33H,12-19H2,1H3,(H,30,31,34)/t20-,23+/m1/s1. The molecule has 0 saturated carbocycles. The van der Waals surface area contributed by atoms with E-state index in [2.05, 4.69) is 28.9 Å². The largest absolute Gasteiger partial charge is 0.389 e. The number of benzene rings is 2. The van der Waals surface area contributed by atoms with Gasteiger partial charge >= 0.3 is 0 Å². The van der Waals surface area contributed by atoms with Gasteiger partial charge < -0.3 is 14.8 Å². The SMILES string of the molecule is C[C@@H]1CCc2c(sc3nc(CN(Cc4ccccc4)C[C@H](O)COCc4ccccc4)[nH]c(=O)c23)C1. The first-order valence-electron chi connectivity index (χ1n) is 12.6. The first kappa shape index (κ1) is 24.8. The van der Waals surface area contributed by atoms with Gasteiger partial charge in [-0.05, 0) is 41.9 Å². The summed E-state index contributed by atoms with van der Waals surface area (Å²) < 4.78 is 5.77. The highest BCUT2D eigenvalue weighted by Gasteiger charge is 2.23. The lowest BCUT2D eigenvalue weighted by molar-refractivity contribution is 0.00673. The maximum Gasteiger partial charge on any atom is 0.259 e. The third-order valence-corrected chi connectivity index (χ3v) is 7.88. The Morgan fingerprint density at radius 3 is 2.58 bits per heavy atom. The van der Waals surface area contributed by atoms with E-state index in [0.717, 1.165) is 40.6 Å². The molecule has 0 spiro atoms. The Bertz CT molecular complexity index is 1340. The van der Waals surface area contributed by atoms with Crippen LogP contribution in [-0.2, 0) is 37.3 Å². The van der Waals surface area contributed by atoms with Gasteiger partial charge in [0.1, 0.15) is 10.7 Å². The molecule has 7 heteroatoms. The summed E-state index contributed by atoms with van der Waals surface area (Å²) in [6, 6.07) is 20.1. The highest BCUT2D eigenvalue weighted by atomic mass is 32.1. The Morgan fingerprint density at radius 1 is 1.11 bits per heavy atom. The van der Waals surface area contributed by atoms with Crippen LogP contribution in [0.15, 0.2) is 65.5 Å². The van der Waals surface area contributed by atoms with Crippen molar-refractivity contribution in [3.8, 4) is 0 Å². The number of ether oxygens (including phenoxy) is 1. The zero-order valence-corrected chi connectivity index (χ0v) is 21.5. The smallest absolute Gasteiger partial charge is 0.259 e. The number of nitrogens with one attached hydrogen (secondary N) is 1. The average molecular weight is 504 g/mol. The van der Waals surface area contributed by atoms with Gasteiger partial charge in [-0.2, -0.15) is 0 Å². The second kappa shape index (κ2) is 11.5. The Balaban J connectivity index is 1.31. The lowest BCUT2D eigenvalue weighted by Crippen LogP contribution is -2.35. The second-order valence-corrected chi connectivity index (χ2v) is 10.9. The van der Waals surface area contributed by atoms with Gasteiger partial charge in [-0.3, -0.25) is 9.69 Å². The molecule has 1 aliphatic rings. The van der Waals surface area contributed by atoms with Crippen LogP contribution in [0.25, 0.3) is 10.2 Å². The number of aliphatic hydroxyl groups is 1. The molecule has 2 N–H and O–H groups in total. The van der Waals surface area contributed by atoms with Crippen molar-refractivity contribution in [2.75, 3.05) is 13.2 Å². The van der Waals surface area contributed by atoms with Crippen molar-refractivity contribution >= 4 is 21.6 Å². The second-order valence-electron chi connectivity index (χ2n) is 9.85. The van der Waals surface area contributed by atoms with E-state index in [1.165, 1.54) is 10.4 Å². The fraction of sp³-hybridized carbons (Fsp3) is 0.379. The summed E-state index contributed by atoms with van der Waals surface area (Å²) in [7, 11) is 0. The third kappa shape index (κ3) is 6.10. The molecule has 188 valence electrons. The van der Waals surface area contributed by atoms with Crippen molar-refractivity contribution in [2.24, 2.45) is 5.92 Å². The van der Waals surface area contributed by atoms with Crippen LogP contribution < -0.4 is 5.56 Å². The zero-order chi connectivity index (χ0) is 24.9. The Morgan fingerprint density at radius 2 is 1.83 bits per heavy atom. The molecule has 2 atom stereocenters. The molecule has 6 nitrogen and oxygen atoms in total. The number of H-pyrrole nitrogens is 1. The van der Waals surface area contributed by atoms with Crippen LogP contribution in [0.3, 0.4) is 0 Å². The van der Waals surface area contributed by atoms with Gasteiger partial charge in [0.25, 0.3) is 5.56 Å². The van der Waals surface area contributed by atoms with Crippen LogP contribution in [-0.4, -0.2) is 39.2 Å². The molecule has 0 unspecified atom stereocenters. The van der Waals surface area contributed by atoms with Crippen molar-refractivity contribution < 1.29 is 9.84 Å². The van der Waals surface area contributed by atoms with Gasteiger partial charge in [0, 0.05) is 18.0 Å². The normalized spacial score (nSPS) is 16.4. The molecule has 0 radical (unpaired) electrons. The molecule has 0 fully saturated rings. The molecular weight excluding hydrogens is 470 g/mol. The molecule has 2 aromatic heterocycles. The van der Waals surface area contributed by atoms with Gasteiger partial charge in [0.15, 0.2) is 0 Å². The monoisotopic (exact) mass is 503 g/mol. The summed E-state index contributed by atoms with van der Waals surface area (Å²) in [4.78, 5) is 25.2. The first-order valence-corrected chi connectivity index (χ1v) is 13.5. The van der Waals surface area contributed by atoms with Crippen molar-refractivity contribution in [1.82, 2.24) is 14.9 Å². The lowest BCUT2D eigenvalue weighted by Gasteiger charge is -2.25. The number of aromatic nitrogens is 2. The number of hydrogen-bond acceptors (Lipinski definition) is 6. The van der Waals surface area contributed by atoms with Crippen LogP contribution >= 0.6 is 11.3 Å². The number of thiophene rings is 1. The highest BCUT2D eigenvalue weighted by Crippen LogP contribution is 2.35. The third-order valence-electron chi connectivity index (χ3n) is 6.73. The Hall–Kier alpha value is -2.84. The zero-order valence-electron chi connectivity index (χ0n) is 20.7. The summed E-state index contributed by atoms with van der Waals surface area (Å²) in [5.74, 6) is 1.28. The van der Waals surface area contributed by atoms with E-state index >= 15 is 0 Å². The highest BCUT2D eigenvalue weighted by molar-refractivity contribution is 7.18. The van der Waals surface area contributed by atoms with Crippen LogP contribution in [0, 0.1) is 5.92 Å². The van der Waals surface area contributed by atoms with Crippen molar-refractivity contribution in [3.05, 3.63) is 98.4 Å². The molecule has 1 aliphatic carbocycles. The molecule has 36 heavy (non-hydrogen) atoms. The summed E-state index contributed by atoms with van der Waals surface area (Å²) in [5, 5.41) is 11.5. The van der Waals surface area contributed by atoms with Gasteiger partial charge in [0.2, 0.25) is 0 Å². The summed E-state index contributed by atoms with van der Waals surface area (Å²) in [5.41, 5.74) is 3.36. The number of fused-ring (bicyclic) bond motifs is 3. The Labute approximate surface area is 215 Å². The van der Waals surface area contributed by atoms with Crippen molar-refractivity contribution in [2.45, 2.75) is 52.0 Å². The maximum atomic E-state index is 13.1. The first-order chi connectivity index (χ1) is 17.5. The summed E-state index contributed by atoms with van der Waals surface area (Å²) in [6.45, 7) is 4.45. The van der Waals surface area contributed by atoms with Crippen LogP contribution in [0.4, 0.5) is 0 Å². The average Bonchev–Trinajstić information content (AvgIpc) is 3.23. The molecule has 2 heterocycles. The maximum absolute atomic E-state index is 13.1. The van der Waals surface area contributed by atoms with E-state index < -0.39 is 6.10 Å². The number of aryl methyl sites for hydroxylation is 1. The number of rotatable bonds is 10. The summed E-state index contributed by atoms with van der Waals surface area (Å²) >= 11 is 1.67. The topological polar surface area (TPSA) is 78.5 Å². The minimum atomic E-state index is -0.664. The molecule has 2 aromatic carbocycles. The van der Waals surface area contributed by atoms with E-state index in [9.17, 15) is 9.90 Å². The van der Waals surface area contributed by atoms with Crippen LogP contribution in [0.2, 0.25) is 0 Å². The van der Waals surface area contributed by atoms with Gasteiger partial charge in [-0.1, -0.05) is 67.6 Å². The molecule has 0 saturated heterocycles. The lowest BCUT2D eigenvalue weighted by atomic mass is 9.89. The molecule has 0 aliphatic heterocycles. The van der Waals surface area contributed by atoms with Gasteiger partial charge in [-0.25, -0.2) is 4.98 Å². The fourth-order valence-corrected chi connectivity index (χ4v) is 6.35. The Kier molecular flexibility index (Phi) is 7.92. The predicted octanol–water partition coefficient (Wildman–Crippen LogP) is 4.69. The number of nitrogens with zero attached hydrogens (tertiary/aromatic N) is 2. The molecule has 5 rings (SSSR count). The quantitative estimate of drug-likeness (QED) is 0.328. The van der Waals surface area contributed by atoms with Gasteiger partial charge in [0.05, 0.1) is 31.2 Å². The van der Waals surface area contributed by atoms with E-state index in [4.69, 9.17) is 9.72 Å². The van der Waals surface area contributed by atoms with E-state index in [1.807, 2.05) is 48.5 Å². The van der Waals surface area contributed by atoms with Crippen molar-refractivity contribution in [3.63, 3.8) is 0 Å². The van der Waals surface area contributed by atoms with E-state index in [-0.39, 0.29) is 12.2 Å². The fourth-order valence-electron chi connectivity index (χ4n) is 4.94. The number of aliphatic hydroxyl groups excluding tert-OH is 1. The molecule has 0 amide bonds. The van der Waals surface area contributed by atoms with Crippen LogP contribution in [0.1, 0.15) is 40.7 Å². The van der Waals surface area contributed by atoms with Crippen molar-refractivity contribution in [1.29, 1.82) is 0 Å². The molecular formula is C29H33N3O3S. The number of hydrogen-bond donors (Lipinski definition) is 2. The predicted molar refractivity (Wildman–Crippen MR) is 144 cm³/mol. The number of aromatic amines is 1. The molecule has 0 bridgehead atoms. The van der Waals surface area contributed by atoms with E-state index in [1.54, 1.807) is 11.3 Å². The minimum absolute atomic E-state index is 0.0477. The van der Waals surface area contributed by atoms with E-state index in [0.29, 0.717) is 38.0 Å². The minimum Gasteiger partial charge on any atom is -0.389 e. The molecule has 4 aromatic rings. The van der Waals surface area contributed by atoms with Gasteiger partial charge in [-0.15, -0.1) is 11.3 Å².